The third-order valence-corrected chi connectivity index (χ3v) is 3.98. The summed E-state index contributed by atoms with van der Waals surface area (Å²) in [5.41, 5.74) is 2.66. The molecule has 1 N–H and O–H groups in total. The highest BCUT2D eigenvalue weighted by Gasteiger charge is 2.23. The minimum atomic E-state index is 0.100. The lowest BCUT2D eigenvalue weighted by Gasteiger charge is -2.14. The van der Waals surface area contributed by atoms with E-state index in [4.69, 9.17) is 0 Å². The smallest absolute Gasteiger partial charge is 0.227 e. The van der Waals surface area contributed by atoms with Crippen LogP contribution in [0.25, 0.3) is 5.82 Å². The predicted octanol–water partition coefficient (Wildman–Crippen LogP) is 3.01. The Hall–Kier alpha value is -2.17. The van der Waals surface area contributed by atoms with Gasteiger partial charge >= 0.3 is 0 Å². The first-order chi connectivity index (χ1) is 10.1. The predicted molar refractivity (Wildman–Crippen MR) is 81.4 cm³/mol. The maximum atomic E-state index is 12.3. The van der Waals surface area contributed by atoms with Gasteiger partial charge in [0.15, 0.2) is 5.82 Å². The highest BCUT2D eigenvalue weighted by molar-refractivity contribution is 5.94. The second-order valence-corrected chi connectivity index (χ2v) is 5.68. The molecular formula is C16H20N4O. The van der Waals surface area contributed by atoms with Crippen LogP contribution >= 0.6 is 0 Å². The molecule has 2 aromatic heterocycles. The van der Waals surface area contributed by atoms with E-state index in [2.05, 4.69) is 15.4 Å². The number of aromatic nitrogens is 3. The molecular weight excluding hydrogens is 264 g/mol. The number of carbonyl (C=O) groups excluding carboxylic acids is 1. The first-order valence-corrected chi connectivity index (χ1v) is 7.44. The number of nitrogens with zero attached hydrogens (tertiary/aromatic N) is 3. The molecule has 1 aliphatic rings. The molecule has 0 bridgehead atoms. The Balaban J connectivity index is 1.89. The van der Waals surface area contributed by atoms with Crippen molar-refractivity contribution in [1.29, 1.82) is 0 Å². The molecule has 0 unspecified atom stereocenters. The van der Waals surface area contributed by atoms with Crippen LogP contribution in [0.3, 0.4) is 0 Å². The Morgan fingerprint density at radius 3 is 2.76 bits per heavy atom. The molecule has 0 saturated heterocycles. The average molecular weight is 284 g/mol. The summed E-state index contributed by atoms with van der Waals surface area (Å²) in [5, 5.41) is 7.47. The summed E-state index contributed by atoms with van der Waals surface area (Å²) in [4.78, 5) is 16.7. The maximum absolute atomic E-state index is 12.3. The lowest BCUT2D eigenvalue weighted by atomic mass is 10.1. The molecule has 0 aliphatic heterocycles. The van der Waals surface area contributed by atoms with Crippen LogP contribution in [0.1, 0.15) is 37.1 Å². The van der Waals surface area contributed by atoms with Crippen molar-refractivity contribution < 1.29 is 4.79 Å². The fraction of sp³-hybridized carbons (Fsp3) is 0.438. The van der Waals surface area contributed by atoms with E-state index in [9.17, 15) is 4.79 Å². The van der Waals surface area contributed by atoms with E-state index in [0.29, 0.717) is 5.82 Å². The number of nitrogens with one attached hydrogen (secondary N) is 1. The first-order valence-electron chi connectivity index (χ1n) is 7.44. The van der Waals surface area contributed by atoms with Crippen molar-refractivity contribution in [3.63, 3.8) is 0 Å². The quantitative estimate of drug-likeness (QED) is 0.942. The van der Waals surface area contributed by atoms with Crippen molar-refractivity contribution in [3.8, 4) is 5.82 Å². The van der Waals surface area contributed by atoms with Crippen LogP contribution in [-0.2, 0) is 4.79 Å². The minimum absolute atomic E-state index is 0.100. The van der Waals surface area contributed by atoms with Crippen LogP contribution in [0, 0.1) is 19.8 Å². The summed E-state index contributed by atoms with van der Waals surface area (Å²) in [7, 11) is 0. The SMILES string of the molecule is Cc1cc(C)n(-c2ncccc2NC(=O)C2CCCC2)n1. The monoisotopic (exact) mass is 284 g/mol. The third-order valence-electron chi connectivity index (χ3n) is 3.98. The fourth-order valence-electron chi connectivity index (χ4n) is 2.93. The number of carbonyl (C=O) groups is 1. The van der Waals surface area contributed by atoms with E-state index < -0.39 is 0 Å². The molecule has 0 atom stereocenters. The molecule has 21 heavy (non-hydrogen) atoms. The molecule has 0 spiro atoms. The molecule has 1 amide bonds. The second-order valence-electron chi connectivity index (χ2n) is 5.68. The van der Waals surface area contributed by atoms with Gasteiger partial charge in [0.2, 0.25) is 5.91 Å². The van der Waals surface area contributed by atoms with Gasteiger partial charge in [0.1, 0.15) is 0 Å². The summed E-state index contributed by atoms with van der Waals surface area (Å²) < 4.78 is 1.78. The van der Waals surface area contributed by atoms with Gasteiger partial charge in [-0.15, -0.1) is 0 Å². The molecule has 1 fully saturated rings. The zero-order valence-electron chi connectivity index (χ0n) is 12.5. The Kier molecular flexibility index (Phi) is 3.73. The van der Waals surface area contributed by atoms with Crippen LogP contribution in [0.2, 0.25) is 0 Å². The van der Waals surface area contributed by atoms with E-state index in [-0.39, 0.29) is 11.8 Å². The highest BCUT2D eigenvalue weighted by atomic mass is 16.1. The molecule has 1 saturated carbocycles. The molecule has 3 rings (SSSR count). The highest BCUT2D eigenvalue weighted by Crippen LogP contribution is 2.27. The van der Waals surface area contributed by atoms with Crippen LogP contribution < -0.4 is 5.32 Å². The van der Waals surface area contributed by atoms with Crippen molar-refractivity contribution >= 4 is 11.6 Å². The third kappa shape index (κ3) is 2.82. The molecule has 5 heteroatoms. The minimum Gasteiger partial charge on any atom is -0.323 e. The van der Waals surface area contributed by atoms with Crippen molar-refractivity contribution in [2.45, 2.75) is 39.5 Å². The number of hydrogen-bond acceptors (Lipinski definition) is 3. The second kappa shape index (κ2) is 5.68. The zero-order chi connectivity index (χ0) is 14.8. The summed E-state index contributed by atoms with van der Waals surface area (Å²) in [5.74, 6) is 0.913. The topological polar surface area (TPSA) is 59.8 Å². The number of aryl methyl sites for hydroxylation is 2. The largest absolute Gasteiger partial charge is 0.323 e. The summed E-state index contributed by atoms with van der Waals surface area (Å²) in [6.07, 6.45) is 5.99. The lowest BCUT2D eigenvalue weighted by Crippen LogP contribution is -2.21. The summed E-state index contributed by atoms with van der Waals surface area (Å²) in [6.45, 7) is 3.93. The van der Waals surface area contributed by atoms with E-state index in [0.717, 1.165) is 42.8 Å². The Bertz CT molecular complexity index is 656. The van der Waals surface area contributed by atoms with E-state index in [1.54, 1.807) is 10.9 Å². The van der Waals surface area contributed by atoms with E-state index >= 15 is 0 Å². The lowest BCUT2D eigenvalue weighted by molar-refractivity contribution is -0.119. The number of rotatable bonds is 3. The van der Waals surface area contributed by atoms with Gasteiger partial charge < -0.3 is 5.32 Å². The van der Waals surface area contributed by atoms with Crippen LogP contribution in [0.4, 0.5) is 5.69 Å². The van der Waals surface area contributed by atoms with Gasteiger partial charge in [0, 0.05) is 17.8 Å². The van der Waals surface area contributed by atoms with Gasteiger partial charge in [-0.3, -0.25) is 4.79 Å². The van der Waals surface area contributed by atoms with Gasteiger partial charge in [-0.25, -0.2) is 9.67 Å². The van der Waals surface area contributed by atoms with Crippen molar-refractivity contribution in [1.82, 2.24) is 14.8 Å². The molecule has 2 heterocycles. The average Bonchev–Trinajstić information content (AvgIpc) is 3.09. The van der Waals surface area contributed by atoms with E-state index in [1.165, 1.54) is 0 Å². The fourth-order valence-corrected chi connectivity index (χ4v) is 2.93. The van der Waals surface area contributed by atoms with Crippen LogP contribution in [-0.4, -0.2) is 20.7 Å². The normalized spacial score (nSPS) is 15.3. The van der Waals surface area contributed by atoms with Gasteiger partial charge in [0.05, 0.1) is 11.4 Å². The molecule has 2 aromatic rings. The van der Waals surface area contributed by atoms with Gasteiger partial charge in [-0.2, -0.15) is 5.10 Å². The Labute approximate surface area is 124 Å². The van der Waals surface area contributed by atoms with Crippen molar-refractivity contribution in [3.05, 3.63) is 35.8 Å². The van der Waals surface area contributed by atoms with E-state index in [1.807, 2.05) is 32.0 Å². The van der Waals surface area contributed by atoms with Gasteiger partial charge in [0.25, 0.3) is 0 Å². The van der Waals surface area contributed by atoms with Gasteiger partial charge in [-0.1, -0.05) is 12.8 Å². The molecule has 5 nitrogen and oxygen atoms in total. The van der Waals surface area contributed by atoms with Gasteiger partial charge in [-0.05, 0) is 44.9 Å². The number of anilines is 1. The standard InChI is InChI=1S/C16H20N4O/c1-11-10-12(2)20(19-11)15-14(8-5-9-17-15)18-16(21)13-6-3-4-7-13/h5,8-10,13H,3-4,6-7H2,1-2H3,(H,18,21). The van der Waals surface area contributed by atoms with Crippen molar-refractivity contribution in [2.75, 3.05) is 5.32 Å². The Morgan fingerprint density at radius 1 is 1.33 bits per heavy atom. The maximum Gasteiger partial charge on any atom is 0.227 e. The molecule has 0 radical (unpaired) electrons. The summed E-state index contributed by atoms with van der Waals surface area (Å²) >= 11 is 0. The Morgan fingerprint density at radius 2 is 2.10 bits per heavy atom. The first kappa shape index (κ1) is 13.8. The molecule has 1 aliphatic carbocycles. The van der Waals surface area contributed by atoms with Crippen LogP contribution in [0.5, 0.6) is 0 Å². The molecule has 110 valence electrons. The van der Waals surface area contributed by atoms with Crippen LogP contribution in [0.15, 0.2) is 24.4 Å². The summed E-state index contributed by atoms with van der Waals surface area (Å²) in [6, 6.07) is 5.71. The number of amides is 1. The number of pyridine rings is 1. The zero-order valence-corrected chi connectivity index (χ0v) is 12.5. The molecule has 0 aromatic carbocycles. The number of hydrogen-bond donors (Lipinski definition) is 1. The van der Waals surface area contributed by atoms with Crippen molar-refractivity contribution in [2.24, 2.45) is 5.92 Å².